The minimum atomic E-state index is 0.454. The molecule has 2 heterocycles. The molecular formula is C10H15N3OS. The van der Waals surface area contributed by atoms with Crippen LogP contribution in [0.3, 0.4) is 0 Å². The maximum atomic E-state index is 5.46. The van der Waals surface area contributed by atoms with E-state index in [1.54, 1.807) is 18.0 Å². The average Bonchev–Trinajstić information content (AvgIpc) is 2.31. The summed E-state index contributed by atoms with van der Waals surface area (Å²) in [6.45, 7) is 2.19. The summed E-state index contributed by atoms with van der Waals surface area (Å²) in [5.41, 5.74) is 6.30. The summed E-state index contributed by atoms with van der Waals surface area (Å²) in [7, 11) is 0. The van der Waals surface area contributed by atoms with Gasteiger partial charge in [0, 0.05) is 25.0 Å². The minimum Gasteiger partial charge on any atom is -0.381 e. The molecule has 0 radical (unpaired) electrons. The van der Waals surface area contributed by atoms with E-state index in [-0.39, 0.29) is 0 Å². The smallest absolute Gasteiger partial charge is 0.115 e. The van der Waals surface area contributed by atoms with Crippen molar-refractivity contribution in [1.29, 1.82) is 0 Å². The zero-order valence-corrected chi connectivity index (χ0v) is 9.37. The Kier molecular flexibility index (Phi) is 3.94. The monoisotopic (exact) mass is 225 g/mol. The molecule has 0 spiro atoms. The highest BCUT2D eigenvalue weighted by atomic mass is 32.2. The summed E-state index contributed by atoms with van der Waals surface area (Å²) in [6, 6.07) is 0. The molecule has 4 nitrogen and oxygen atoms in total. The van der Waals surface area contributed by atoms with E-state index in [1.807, 2.05) is 6.20 Å². The van der Waals surface area contributed by atoms with Crippen LogP contribution in [0.5, 0.6) is 0 Å². The van der Waals surface area contributed by atoms with Gasteiger partial charge in [0.05, 0.1) is 18.1 Å². The molecule has 1 aliphatic rings. The standard InChI is InChI=1S/C10H15N3OS/c11-5-8-6-13-10(7-12-8)15-9-1-3-14-4-2-9/h6-7,9H,1-5,11H2. The van der Waals surface area contributed by atoms with Gasteiger partial charge < -0.3 is 10.5 Å². The van der Waals surface area contributed by atoms with Gasteiger partial charge in [-0.2, -0.15) is 0 Å². The highest BCUT2D eigenvalue weighted by molar-refractivity contribution is 7.99. The second-order valence-electron chi connectivity index (χ2n) is 3.48. The maximum absolute atomic E-state index is 5.46. The molecular weight excluding hydrogens is 210 g/mol. The molecule has 82 valence electrons. The lowest BCUT2D eigenvalue weighted by molar-refractivity contribution is 0.1000. The van der Waals surface area contributed by atoms with Crippen LogP contribution in [-0.4, -0.2) is 28.4 Å². The van der Waals surface area contributed by atoms with Crippen molar-refractivity contribution in [2.45, 2.75) is 29.7 Å². The highest BCUT2D eigenvalue weighted by Gasteiger charge is 2.15. The largest absolute Gasteiger partial charge is 0.381 e. The summed E-state index contributed by atoms with van der Waals surface area (Å²) in [5.74, 6) is 0. The van der Waals surface area contributed by atoms with Crippen LogP contribution in [0.4, 0.5) is 0 Å². The third-order valence-corrected chi connectivity index (χ3v) is 3.60. The third kappa shape index (κ3) is 3.15. The molecule has 15 heavy (non-hydrogen) atoms. The zero-order chi connectivity index (χ0) is 10.5. The van der Waals surface area contributed by atoms with Gasteiger partial charge >= 0.3 is 0 Å². The van der Waals surface area contributed by atoms with Crippen LogP contribution in [0.2, 0.25) is 0 Å². The van der Waals surface area contributed by atoms with Crippen LogP contribution in [0.15, 0.2) is 17.4 Å². The molecule has 1 fully saturated rings. The Labute approximate surface area is 93.6 Å². The molecule has 0 saturated carbocycles. The maximum Gasteiger partial charge on any atom is 0.115 e. The van der Waals surface area contributed by atoms with Crippen molar-refractivity contribution in [3.05, 3.63) is 18.1 Å². The van der Waals surface area contributed by atoms with Crippen molar-refractivity contribution >= 4 is 11.8 Å². The minimum absolute atomic E-state index is 0.454. The van der Waals surface area contributed by atoms with Crippen molar-refractivity contribution in [3.8, 4) is 0 Å². The van der Waals surface area contributed by atoms with Crippen molar-refractivity contribution in [2.75, 3.05) is 13.2 Å². The molecule has 2 rings (SSSR count). The van der Waals surface area contributed by atoms with E-state index < -0.39 is 0 Å². The lowest BCUT2D eigenvalue weighted by Crippen LogP contribution is -2.17. The van der Waals surface area contributed by atoms with E-state index in [0.29, 0.717) is 11.8 Å². The summed E-state index contributed by atoms with van der Waals surface area (Å²) in [6.07, 6.45) is 5.76. The van der Waals surface area contributed by atoms with Gasteiger partial charge in [0.2, 0.25) is 0 Å². The predicted molar refractivity (Wildman–Crippen MR) is 59.6 cm³/mol. The molecule has 0 aromatic carbocycles. The van der Waals surface area contributed by atoms with E-state index in [9.17, 15) is 0 Å². The van der Waals surface area contributed by atoms with Crippen LogP contribution < -0.4 is 5.73 Å². The average molecular weight is 225 g/mol. The Morgan fingerprint density at radius 3 is 2.73 bits per heavy atom. The topological polar surface area (TPSA) is 61.0 Å². The van der Waals surface area contributed by atoms with Crippen LogP contribution in [0, 0.1) is 0 Å². The van der Waals surface area contributed by atoms with Crippen LogP contribution in [-0.2, 0) is 11.3 Å². The Hall–Kier alpha value is -0.650. The van der Waals surface area contributed by atoms with E-state index in [2.05, 4.69) is 9.97 Å². The van der Waals surface area contributed by atoms with Crippen LogP contribution in [0.25, 0.3) is 0 Å². The molecule has 2 N–H and O–H groups in total. The molecule has 0 aliphatic carbocycles. The van der Waals surface area contributed by atoms with E-state index in [0.717, 1.165) is 36.8 Å². The summed E-state index contributed by atoms with van der Waals surface area (Å²) < 4.78 is 5.31. The molecule has 1 aromatic rings. The van der Waals surface area contributed by atoms with Gasteiger partial charge in [0.1, 0.15) is 5.03 Å². The Balaban J connectivity index is 1.91. The summed E-state index contributed by atoms with van der Waals surface area (Å²) >= 11 is 1.79. The van der Waals surface area contributed by atoms with Gasteiger partial charge in [-0.15, -0.1) is 11.8 Å². The molecule has 0 amide bonds. The lowest BCUT2D eigenvalue weighted by atomic mass is 10.2. The van der Waals surface area contributed by atoms with E-state index >= 15 is 0 Å². The molecule has 0 bridgehead atoms. The predicted octanol–water partition coefficient (Wildman–Crippen LogP) is 1.21. The second-order valence-corrected chi connectivity index (χ2v) is 4.80. The van der Waals surface area contributed by atoms with Gasteiger partial charge in [-0.05, 0) is 12.8 Å². The van der Waals surface area contributed by atoms with Gasteiger partial charge in [-0.3, -0.25) is 4.98 Å². The van der Waals surface area contributed by atoms with Crippen LogP contribution >= 0.6 is 11.8 Å². The zero-order valence-electron chi connectivity index (χ0n) is 8.56. The molecule has 0 unspecified atom stereocenters. The summed E-state index contributed by atoms with van der Waals surface area (Å²) in [5, 5.41) is 1.61. The Bertz CT molecular complexity index is 298. The second kappa shape index (κ2) is 5.44. The lowest BCUT2D eigenvalue weighted by Gasteiger charge is -2.20. The first-order chi connectivity index (χ1) is 7.38. The molecule has 0 atom stereocenters. The van der Waals surface area contributed by atoms with Crippen molar-refractivity contribution < 1.29 is 4.74 Å². The van der Waals surface area contributed by atoms with E-state index in [1.165, 1.54) is 0 Å². The van der Waals surface area contributed by atoms with E-state index in [4.69, 9.17) is 10.5 Å². The Morgan fingerprint density at radius 1 is 1.33 bits per heavy atom. The Morgan fingerprint density at radius 2 is 2.13 bits per heavy atom. The number of thioether (sulfide) groups is 1. The number of rotatable bonds is 3. The quantitative estimate of drug-likeness (QED) is 0.837. The number of nitrogens with zero attached hydrogens (tertiary/aromatic N) is 2. The number of hydrogen-bond donors (Lipinski definition) is 1. The normalized spacial score (nSPS) is 17.9. The molecule has 1 aliphatic heterocycles. The van der Waals surface area contributed by atoms with Gasteiger partial charge in [-0.1, -0.05) is 0 Å². The highest BCUT2D eigenvalue weighted by Crippen LogP contribution is 2.27. The van der Waals surface area contributed by atoms with Crippen molar-refractivity contribution in [1.82, 2.24) is 9.97 Å². The number of nitrogens with two attached hydrogens (primary N) is 1. The molecule has 1 aromatic heterocycles. The SMILES string of the molecule is NCc1cnc(SC2CCOCC2)cn1. The van der Waals surface area contributed by atoms with Gasteiger partial charge in [0.25, 0.3) is 0 Å². The van der Waals surface area contributed by atoms with Gasteiger partial charge in [-0.25, -0.2) is 4.98 Å². The number of aromatic nitrogens is 2. The number of hydrogen-bond acceptors (Lipinski definition) is 5. The first-order valence-electron chi connectivity index (χ1n) is 5.14. The van der Waals surface area contributed by atoms with Crippen molar-refractivity contribution in [3.63, 3.8) is 0 Å². The first-order valence-corrected chi connectivity index (χ1v) is 6.02. The van der Waals surface area contributed by atoms with Crippen LogP contribution in [0.1, 0.15) is 18.5 Å². The fraction of sp³-hybridized carbons (Fsp3) is 0.600. The molecule has 1 saturated heterocycles. The van der Waals surface area contributed by atoms with Crippen molar-refractivity contribution in [2.24, 2.45) is 5.73 Å². The first kappa shape index (κ1) is 10.9. The third-order valence-electron chi connectivity index (χ3n) is 2.35. The number of ether oxygens (including phenoxy) is 1. The molecule has 5 heteroatoms. The fourth-order valence-electron chi connectivity index (χ4n) is 1.47. The fourth-order valence-corrected chi connectivity index (χ4v) is 2.47. The summed E-state index contributed by atoms with van der Waals surface area (Å²) in [4.78, 5) is 8.55. The van der Waals surface area contributed by atoms with Gasteiger partial charge in [0.15, 0.2) is 0 Å².